The fourth-order valence-corrected chi connectivity index (χ4v) is 2.50. The van der Waals surface area contributed by atoms with E-state index in [2.05, 4.69) is 37.2 Å². The monoisotopic (exact) mass is 350 g/mol. The molecule has 0 saturated carbocycles. The Morgan fingerprint density at radius 2 is 2.12 bits per heavy atom. The Kier molecular flexibility index (Phi) is 5.24. The summed E-state index contributed by atoms with van der Waals surface area (Å²) in [5.41, 5.74) is 5.76. The Balaban J connectivity index is 2.57. The van der Waals surface area contributed by atoms with E-state index in [0.717, 1.165) is 10.0 Å². The van der Waals surface area contributed by atoms with Crippen LogP contribution in [0.25, 0.3) is 0 Å². The van der Waals surface area contributed by atoms with Crippen LogP contribution in [0.2, 0.25) is 0 Å². The Morgan fingerprint density at radius 3 is 2.75 bits per heavy atom. The number of nitrogens with two attached hydrogens (primary N) is 1. The van der Waals surface area contributed by atoms with Crippen LogP contribution in [0.1, 0.15) is 12.0 Å². The molecule has 6 heteroatoms. The van der Waals surface area contributed by atoms with E-state index in [1.165, 1.54) is 0 Å². The molecule has 4 N–H and O–H groups in total. The van der Waals surface area contributed by atoms with Crippen molar-refractivity contribution in [3.63, 3.8) is 0 Å². The van der Waals surface area contributed by atoms with Gasteiger partial charge in [-0.15, -0.1) is 0 Å². The summed E-state index contributed by atoms with van der Waals surface area (Å²) in [6.45, 7) is 0.982. The maximum atomic E-state index is 10.5. The molecule has 0 aliphatic heterocycles. The summed E-state index contributed by atoms with van der Waals surface area (Å²) in [5.74, 6) is -0.137. The van der Waals surface area contributed by atoms with Gasteiger partial charge in [-0.3, -0.25) is 4.79 Å². The molecule has 0 atom stereocenters. The van der Waals surface area contributed by atoms with Gasteiger partial charge in [0.25, 0.3) is 0 Å². The average molecular weight is 352 g/mol. The minimum absolute atomic E-state index is 0.203. The maximum Gasteiger partial charge on any atom is 0.218 e. The first kappa shape index (κ1) is 13.5. The molecule has 0 aromatic heterocycles. The fourth-order valence-electron chi connectivity index (χ4n) is 1.19. The van der Waals surface area contributed by atoms with E-state index in [-0.39, 0.29) is 18.1 Å². The Labute approximate surface area is 110 Å². The molecule has 1 aromatic carbocycles. The average Bonchev–Trinajstić information content (AvgIpc) is 2.19. The number of halogens is 2. The van der Waals surface area contributed by atoms with Crippen LogP contribution in [-0.2, 0) is 11.3 Å². The lowest BCUT2D eigenvalue weighted by Crippen LogP contribution is -2.21. The second-order valence-electron chi connectivity index (χ2n) is 3.29. The number of primary amides is 1. The normalized spacial score (nSPS) is 10.4. The number of nitrogens with one attached hydrogen (secondary N) is 1. The minimum atomic E-state index is -0.341. The molecule has 0 fully saturated rings. The molecule has 0 unspecified atom stereocenters. The molecular weight excluding hydrogens is 340 g/mol. The molecule has 16 heavy (non-hydrogen) atoms. The first-order valence-electron chi connectivity index (χ1n) is 4.66. The van der Waals surface area contributed by atoms with Gasteiger partial charge >= 0.3 is 0 Å². The summed E-state index contributed by atoms with van der Waals surface area (Å²) in [4.78, 5) is 10.5. The van der Waals surface area contributed by atoms with Gasteiger partial charge in [0.15, 0.2) is 0 Å². The molecule has 0 spiro atoms. The number of phenolic OH excluding ortho intramolecular Hbond substituents is 1. The van der Waals surface area contributed by atoms with Crippen LogP contribution >= 0.6 is 31.9 Å². The number of aromatic hydroxyl groups is 1. The van der Waals surface area contributed by atoms with Gasteiger partial charge in [0.05, 0.1) is 4.47 Å². The van der Waals surface area contributed by atoms with Crippen molar-refractivity contribution in [2.75, 3.05) is 6.54 Å². The Bertz CT molecular complexity index is 397. The lowest BCUT2D eigenvalue weighted by molar-refractivity contribution is -0.117. The van der Waals surface area contributed by atoms with E-state index < -0.39 is 0 Å². The molecule has 1 amide bonds. The smallest absolute Gasteiger partial charge is 0.218 e. The number of phenols is 1. The van der Waals surface area contributed by atoms with E-state index in [1.807, 2.05) is 6.07 Å². The number of carbonyl (C=O) groups excluding carboxylic acids is 1. The maximum absolute atomic E-state index is 10.5. The minimum Gasteiger partial charge on any atom is -0.506 e. The summed E-state index contributed by atoms with van der Waals surface area (Å²) >= 11 is 6.58. The summed E-state index contributed by atoms with van der Waals surface area (Å²) in [5, 5.41) is 12.8. The molecule has 0 heterocycles. The van der Waals surface area contributed by atoms with Gasteiger partial charge in [0.2, 0.25) is 5.91 Å². The summed E-state index contributed by atoms with van der Waals surface area (Å²) in [6, 6.07) is 3.58. The van der Waals surface area contributed by atoms with Crippen molar-refractivity contribution >= 4 is 37.8 Å². The molecule has 88 valence electrons. The van der Waals surface area contributed by atoms with Gasteiger partial charge in [-0.05, 0) is 28.1 Å². The van der Waals surface area contributed by atoms with E-state index >= 15 is 0 Å². The SMILES string of the molecule is NC(=O)CCNCc1cc(Br)cc(Br)c1O. The Hall–Kier alpha value is -0.590. The van der Waals surface area contributed by atoms with Crippen LogP contribution in [0.15, 0.2) is 21.1 Å². The van der Waals surface area contributed by atoms with Gasteiger partial charge < -0.3 is 16.2 Å². The van der Waals surface area contributed by atoms with Crippen LogP contribution in [0, 0.1) is 0 Å². The zero-order valence-electron chi connectivity index (χ0n) is 8.46. The Morgan fingerprint density at radius 1 is 1.44 bits per heavy atom. The molecule has 0 bridgehead atoms. The van der Waals surface area contributed by atoms with E-state index in [4.69, 9.17) is 5.73 Å². The zero-order chi connectivity index (χ0) is 12.1. The predicted octanol–water partition coefficient (Wildman–Crippen LogP) is 1.88. The highest BCUT2D eigenvalue weighted by Gasteiger charge is 2.06. The molecule has 0 aliphatic carbocycles. The van der Waals surface area contributed by atoms with Gasteiger partial charge in [-0.1, -0.05) is 15.9 Å². The van der Waals surface area contributed by atoms with E-state index in [1.54, 1.807) is 6.07 Å². The number of amides is 1. The van der Waals surface area contributed by atoms with Crippen molar-refractivity contribution in [1.29, 1.82) is 0 Å². The fraction of sp³-hybridized carbons (Fsp3) is 0.300. The molecule has 1 aromatic rings. The molecule has 0 aliphatic rings. The first-order chi connectivity index (χ1) is 7.50. The van der Waals surface area contributed by atoms with Gasteiger partial charge in [0, 0.05) is 29.5 Å². The third-order valence-corrected chi connectivity index (χ3v) is 3.03. The first-order valence-corrected chi connectivity index (χ1v) is 6.25. The third kappa shape index (κ3) is 4.11. The van der Waals surface area contributed by atoms with E-state index in [0.29, 0.717) is 17.6 Å². The van der Waals surface area contributed by atoms with Crippen LogP contribution in [-0.4, -0.2) is 17.6 Å². The molecule has 0 saturated heterocycles. The van der Waals surface area contributed by atoms with Gasteiger partial charge in [-0.25, -0.2) is 0 Å². The lowest BCUT2D eigenvalue weighted by Gasteiger charge is -2.08. The van der Waals surface area contributed by atoms with E-state index in [9.17, 15) is 9.90 Å². The topological polar surface area (TPSA) is 75.4 Å². The number of hydrogen-bond donors (Lipinski definition) is 3. The van der Waals surface area contributed by atoms with Crippen LogP contribution in [0.3, 0.4) is 0 Å². The van der Waals surface area contributed by atoms with Crippen molar-refractivity contribution in [2.24, 2.45) is 5.73 Å². The quantitative estimate of drug-likeness (QED) is 0.709. The predicted molar refractivity (Wildman–Crippen MR) is 69.0 cm³/mol. The molecule has 0 radical (unpaired) electrons. The van der Waals surface area contributed by atoms with Crippen molar-refractivity contribution in [3.05, 3.63) is 26.6 Å². The van der Waals surface area contributed by atoms with Crippen molar-refractivity contribution in [3.8, 4) is 5.75 Å². The largest absolute Gasteiger partial charge is 0.506 e. The van der Waals surface area contributed by atoms with Crippen molar-refractivity contribution in [2.45, 2.75) is 13.0 Å². The molecular formula is C10H12Br2N2O2. The number of hydrogen-bond acceptors (Lipinski definition) is 3. The van der Waals surface area contributed by atoms with Gasteiger partial charge in [0.1, 0.15) is 5.75 Å². The molecule has 1 rings (SSSR count). The van der Waals surface area contributed by atoms with Crippen LogP contribution in [0.4, 0.5) is 0 Å². The summed E-state index contributed by atoms with van der Waals surface area (Å²) in [6.07, 6.45) is 0.288. The number of carbonyl (C=O) groups is 1. The highest BCUT2D eigenvalue weighted by molar-refractivity contribution is 9.11. The molecule has 4 nitrogen and oxygen atoms in total. The zero-order valence-corrected chi connectivity index (χ0v) is 11.6. The number of benzene rings is 1. The van der Waals surface area contributed by atoms with Crippen molar-refractivity contribution < 1.29 is 9.90 Å². The standard InChI is InChI=1S/C10H12Br2N2O2/c11-7-3-6(10(16)8(12)4-7)5-14-2-1-9(13)15/h3-4,14,16H,1-2,5H2,(H2,13,15). The number of rotatable bonds is 5. The van der Waals surface area contributed by atoms with Crippen LogP contribution < -0.4 is 11.1 Å². The second-order valence-corrected chi connectivity index (χ2v) is 5.06. The lowest BCUT2D eigenvalue weighted by atomic mass is 10.2. The third-order valence-electron chi connectivity index (χ3n) is 1.97. The van der Waals surface area contributed by atoms with Gasteiger partial charge in [-0.2, -0.15) is 0 Å². The van der Waals surface area contributed by atoms with Crippen LogP contribution in [0.5, 0.6) is 5.75 Å². The summed E-state index contributed by atoms with van der Waals surface area (Å²) < 4.78 is 1.51. The highest BCUT2D eigenvalue weighted by atomic mass is 79.9. The highest BCUT2D eigenvalue weighted by Crippen LogP contribution is 2.31. The van der Waals surface area contributed by atoms with Crippen molar-refractivity contribution in [1.82, 2.24) is 5.32 Å². The second kappa shape index (κ2) is 6.22. The summed E-state index contributed by atoms with van der Waals surface area (Å²) in [7, 11) is 0.